The minimum absolute atomic E-state index is 0.168. The van der Waals surface area contributed by atoms with Crippen LogP contribution in [0.25, 0.3) is 6.08 Å². The predicted octanol–water partition coefficient (Wildman–Crippen LogP) is 4.46. The van der Waals surface area contributed by atoms with Crippen molar-refractivity contribution in [1.29, 1.82) is 0 Å². The van der Waals surface area contributed by atoms with Gasteiger partial charge in [-0.15, -0.1) is 0 Å². The Morgan fingerprint density at radius 1 is 1.00 bits per heavy atom. The standard InChI is InChI=1S/C19H16O/c1-14(11-15-7-3-2-4-8-15)12-17-13-16-9-5-6-10-18(16)19(17)20/h2-12H,13H2,1H3/b14-11-,17-12-. The van der Waals surface area contributed by atoms with Crippen LogP contribution in [0.4, 0.5) is 0 Å². The first-order valence-corrected chi connectivity index (χ1v) is 6.80. The van der Waals surface area contributed by atoms with Crippen LogP contribution >= 0.6 is 0 Å². The molecule has 0 saturated heterocycles. The van der Waals surface area contributed by atoms with Crippen LogP contribution in [-0.4, -0.2) is 5.78 Å². The van der Waals surface area contributed by atoms with E-state index in [2.05, 4.69) is 18.2 Å². The molecule has 3 rings (SSSR count). The van der Waals surface area contributed by atoms with Gasteiger partial charge in [-0.25, -0.2) is 0 Å². The predicted molar refractivity (Wildman–Crippen MR) is 82.7 cm³/mol. The highest BCUT2D eigenvalue weighted by Crippen LogP contribution is 2.27. The quantitative estimate of drug-likeness (QED) is 0.729. The molecule has 0 heterocycles. The van der Waals surface area contributed by atoms with Crippen LogP contribution in [0.2, 0.25) is 0 Å². The summed E-state index contributed by atoms with van der Waals surface area (Å²) in [6.45, 7) is 2.04. The fourth-order valence-electron chi connectivity index (χ4n) is 2.60. The van der Waals surface area contributed by atoms with Crippen molar-refractivity contribution >= 4 is 11.9 Å². The van der Waals surface area contributed by atoms with Crippen molar-refractivity contribution in [2.24, 2.45) is 0 Å². The molecule has 1 heteroatoms. The molecule has 0 amide bonds. The van der Waals surface area contributed by atoms with E-state index in [0.717, 1.165) is 34.3 Å². The Morgan fingerprint density at radius 3 is 2.45 bits per heavy atom. The van der Waals surface area contributed by atoms with Gasteiger partial charge in [0, 0.05) is 17.6 Å². The lowest BCUT2D eigenvalue weighted by Gasteiger charge is -1.98. The average Bonchev–Trinajstić information content (AvgIpc) is 2.77. The summed E-state index contributed by atoms with van der Waals surface area (Å²) in [5, 5.41) is 0. The van der Waals surface area contributed by atoms with Gasteiger partial charge in [-0.2, -0.15) is 0 Å². The second kappa shape index (κ2) is 5.30. The van der Waals surface area contributed by atoms with Crippen molar-refractivity contribution < 1.29 is 4.79 Å². The highest BCUT2D eigenvalue weighted by atomic mass is 16.1. The van der Waals surface area contributed by atoms with Crippen molar-refractivity contribution in [3.05, 3.63) is 88.5 Å². The largest absolute Gasteiger partial charge is 0.289 e. The molecule has 0 radical (unpaired) electrons. The zero-order chi connectivity index (χ0) is 13.9. The Labute approximate surface area is 119 Å². The Bertz CT molecular complexity index is 706. The topological polar surface area (TPSA) is 17.1 Å². The molecule has 0 spiro atoms. The lowest BCUT2D eigenvalue weighted by molar-refractivity contribution is 0.103. The molecular formula is C19H16O. The van der Waals surface area contributed by atoms with E-state index in [9.17, 15) is 4.79 Å². The molecule has 0 unspecified atom stereocenters. The summed E-state index contributed by atoms with van der Waals surface area (Å²) in [4.78, 5) is 12.3. The third-order valence-corrected chi connectivity index (χ3v) is 3.53. The summed E-state index contributed by atoms with van der Waals surface area (Å²) in [6.07, 6.45) is 4.85. The van der Waals surface area contributed by atoms with Crippen molar-refractivity contribution in [3.63, 3.8) is 0 Å². The van der Waals surface area contributed by atoms with Gasteiger partial charge in [-0.3, -0.25) is 4.79 Å². The molecule has 0 saturated carbocycles. The van der Waals surface area contributed by atoms with E-state index in [1.54, 1.807) is 0 Å². The number of carbonyl (C=O) groups excluding carboxylic acids is 1. The minimum Gasteiger partial charge on any atom is -0.289 e. The van der Waals surface area contributed by atoms with Crippen LogP contribution in [-0.2, 0) is 6.42 Å². The molecule has 2 aromatic carbocycles. The van der Waals surface area contributed by atoms with Crippen LogP contribution in [0.3, 0.4) is 0 Å². The summed E-state index contributed by atoms with van der Waals surface area (Å²) < 4.78 is 0. The summed E-state index contributed by atoms with van der Waals surface area (Å²) in [7, 11) is 0. The van der Waals surface area contributed by atoms with Crippen molar-refractivity contribution in [3.8, 4) is 0 Å². The summed E-state index contributed by atoms with van der Waals surface area (Å²) in [6, 6.07) is 18.0. The van der Waals surface area contributed by atoms with Gasteiger partial charge in [0.15, 0.2) is 5.78 Å². The van der Waals surface area contributed by atoms with E-state index in [-0.39, 0.29) is 5.78 Å². The van der Waals surface area contributed by atoms with Gasteiger partial charge in [-0.1, -0.05) is 72.3 Å². The van der Waals surface area contributed by atoms with E-state index in [1.165, 1.54) is 0 Å². The molecule has 0 aliphatic heterocycles. The molecule has 98 valence electrons. The Hall–Kier alpha value is -2.41. The first-order chi connectivity index (χ1) is 9.74. The van der Waals surface area contributed by atoms with Crippen molar-refractivity contribution in [2.45, 2.75) is 13.3 Å². The molecule has 0 atom stereocenters. The number of hydrogen-bond donors (Lipinski definition) is 0. The van der Waals surface area contributed by atoms with Crippen LogP contribution < -0.4 is 0 Å². The smallest absolute Gasteiger partial charge is 0.189 e. The zero-order valence-electron chi connectivity index (χ0n) is 11.5. The molecule has 2 aromatic rings. The first-order valence-electron chi connectivity index (χ1n) is 6.80. The highest BCUT2D eigenvalue weighted by molar-refractivity contribution is 6.13. The third-order valence-electron chi connectivity index (χ3n) is 3.53. The van der Waals surface area contributed by atoms with Crippen molar-refractivity contribution in [1.82, 2.24) is 0 Å². The molecular weight excluding hydrogens is 244 g/mol. The molecule has 1 aliphatic rings. The van der Waals surface area contributed by atoms with Gasteiger partial charge in [0.2, 0.25) is 0 Å². The first kappa shape index (κ1) is 12.6. The van der Waals surface area contributed by atoms with E-state index in [0.29, 0.717) is 0 Å². The van der Waals surface area contributed by atoms with E-state index in [4.69, 9.17) is 0 Å². The molecule has 20 heavy (non-hydrogen) atoms. The lowest BCUT2D eigenvalue weighted by Crippen LogP contribution is -1.95. The minimum atomic E-state index is 0.168. The Balaban J connectivity index is 1.88. The number of allylic oxidation sites excluding steroid dienone is 3. The second-order valence-electron chi connectivity index (χ2n) is 5.13. The molecule has 0 aromatic heterocycles. The van der Waals surface area contributed by atoms with E-state index >= 15 is 0 Å². The van der Waals surface area contributed by atoms with Gasteiger partial charge < -0.3 is 0 Å². The fraction of sp³-hybridized carbons (Fsp3) is 0.105. The van der Waals surface area contributed by atoms with Gasteiger partial charge >= 0.3 is 0 Å². The molecule has 1 nitrogen and oxygen atoms in total. The maximum atomic E-state index is 12.3. The number of fused-ring (bicyclic) bond motifs is 1. The highest BCUT2D eigenvalue weighted by Gasteiger charge is 2.23. The third kappa shape index (κ3) is 2.48. The maximum Gasteiger partial charge on any atom is 0.189 e. The molecule has 0 bridgehead atoms. The van der Waals surface area contributed by atoms with Gasteiger partial charge in [0.25, 0.3) is 0 Å². The Kier molecular flexibility index (Phi) is 3.34. The molecule has 0 N–H and O–H groups in total. The van der Waals surface area contributed by atoms with Gasteiger partial charge in [0.1, 0.15) is 0 Å². The average molecular weight is 260 g/mol. The van der Waals surface area contributed by atoms with E-state index in [1.807, 2.05) is 55.5 Å². The second-order valence-corrected chi connectivity index (χ2v) is 5.13. The number of hydrogen-bond acceptors (Lipinski definition) is 1. The normalized spacial score (nSPS) is 16.6. The SMILES string of the molecule is CC(=C/c1ccccc1)/C=C1/Cc2ccccc2C1=O. The Morgan fingerprint density at radius 2 is 1.70 bits per heavy atom. The summed E-state index contributed by atoms with van der Waals surface area (Å²) in [5.74, 6) is 0.168. The number of benzene rings is 2. The molecule has 0 fully saturated rings. The number of carbonyl (C=O) groups is 1. The number of ketones is 1. The van der Waals surface area contributed by atoms with Crippen LogP contribution in [0.15, 0.2) is 71.8 Å². The fourth-order valence-corrected chi connectivity index (χ4v) is 2.60. The number of Topliss-reactive ketones (excluding diaryl/α,β-unsaturated/α-hetero) is 1. The number of rotatable bonds is 2. The lowest BCUT2D eigenvalue weighted by atomic mass is 10.1. The maximum absolute atomic E-state index is 12.3. The molecule has 1 aliphatic carbocycles. The summed E-state index contributed by atoms with van der Waals surface area (Å²) >= 11 is 0. The van der Waals surface area contributed by atoms with Gasteiger partial charge in [-0.05, 0) is 18.1 Å². The van der Waals surface area contributed by atoms with Crippen LogP contribution in [0.1, 0.15) is 28.4 Å². The van der Waals surface area contributed by atoms with Crippen LogP contribution in [0, 0.1) is 0 Å². The van der Waals surface area contributed by atoms with Gasteiger partial charge in [0.05, 0.1) is 0 Å². The van der Waals surface area contributed by atoms with Crippen molar-refractivity contribution in [2.75, 3.05) is 0 Å². The zero-order valence-corrected chi connectivity index (χ0v) is 11.5. The monoisotopic (exact) mass is 260 g/mol. The van der Waals surface area contributed by atoms with E-state index < -0.39 is 0 Å². The van der Waals surface area contributed by atoms with Crippen LogP contribution in [0.5, 0.6) is 0 Å². The summed E-state index contributed by atoms with van der Waals surface area (Å²) in [5.41, 5.74) is 5.13.